The number of hydrogen-bond donors (Lipinski definition) is 1. The summed E-state index contributed by atoms with van der Waals surface area (Å²) < 4.78 is 10.1. The molecule has 1 aliphatic carbocycles. The highest BCUT2D eigenvalue weighted by atomic mass is 16.5. The number of carboxylic acid groups (broad SMARTS) is 1. The van der Waals surface area contributed by atoms with E-state index in [-0.39, 0.29) is 5.57 Å². The quantitative estimate of drug-likeness (QED) is 0.742. The van der Waals surface area contributed by atoms with Gasteiger partial charge in [-0.1, -0.05) is 0 Å². The average molecular weight is 196 g/mol. The molecule has 4 heteroatoms. The third-order valence-corrected chi connectivity index (χ3v) is 1.89. The van der Waals surface area contributed by atoms with Gasteiger partial charge in [-0.05, 0) is 18.2 Å². The van der Waals surface area contributed by atoms with Gasteiger partial charge >= 0.3 is 5.97 Å². The molecule has 1 rings (SSSR count). The molecule has 1 N–H and O–H groups in total. The highest BCUT2D eigenvalue weighted by Gasteiger charge is 2.11. The van der Waals surface area contributed by atoms with E-state index in [1.54, 1.807) is 13.2 Å². The van der Waals surface area contributed by atoms with Crippen LogP contribution in [0.1, 0.15) is 6.42 Å². The lowest BCUT2D eigenvalue weighted by molar-refractivity contribution is -0.132. The third kappa shape index (κ3) is 2.39. The van der Waals surface area contributed by atoms with Gasteiger partial charge in [0.25, 0.3) is 0 Å². The van der Waals surface area contributed by atoms with Gasteiger partial charge in [0.05, 0.1) is 26.2 Å². The van der Waals surface area contributed by atoms with Gasteiger partial charge in [-0.25, -0.2) is 4.79 Å². The van der Waals surface area contributed by atoms with Gasteiger partial charge in [0.15, 0.2) is 0 Å². The Morgan fingerprint density at radius 1 is 1.29 bits per heavy atom. The van der Waals surface area contributed by atoms with Crippen LogP contribution in [-0.2, 0) is 14.3 Å². The van der Waals surface area contributed by atoms with Gasteiger partial charge in [-0.2, -0.15) is 0 Å². The molecule has 0 aromatic heterocycles. The van der Waals surface area contributed by atoms with Crippen LogP contribution in [0.2, 0.25) is 0 Å². The van der Waals surface area contributed by atoms with Crippen LogP contribution in [0, 0.1) is 0 Å². The standard InChI is InChI=1S/C10H12O4/c1-13-8-4-3-7(10(11)12)5-9(6-8)14-2/h3-5H,6H2,1-2H3,(H,11,12). The number of methoxy groups -OCH3 is 2. The Bertz CT molecular complexity index is 323. The minimum absolute atomic E-state index is 0.189. The van der Waals surface area contributed by atoms with E-state index in [2.05, 4.69) is 0 Å². The zero-order valence-electron chi connectivity index (χ0n) is 8.11. The lowest BCUT2D eigenvalue weighted by Crippen LogP contribution is -1.98. The molecule has 0 spiro atoms. The number of allylic oxidation sites excluding steroid dienone is 2. The highest BCUT2D eigenvalue weighted by molar-refractivity contribution is 5.90. The second-order valence-corrected chi connectivity index (χ2v) is 2.76. The first kappa shape index (κ1) is 10.4. The van der Waals surface area contributed by atoms with Crippen molar-refractivity contribution in [2.75, 3.05) is 14.2 Å². The zero-order valence-corrected chi connectivity index (χ0v) is 8.11. The lowest BCUT2D eigenvalue weighted by atomic mass is 10.2. The Balaban J connectivity index is 3.00. The Morgan fingerprint density at radius 2 is 1.93 bits per heavy atom. The second kappa shape index (κ2) is 4.50. The topological polar surface area (TPSA) is 55.8 Å². The van der Waals surface area contributed by atoms with E-state index in [1.165, 1.54) is 19.3 Å². The number of carbonyl (C=O) groups is 1. The number of hydrogen-bond acceptors (Lipinski definition) is 3. The summed E-state index contributed by atoms with van der Waals surface area (Å²) in [5.74, 6) is 0.270. The van der Waals surface area contributed by atoms with Gasteiger partial charge in [-0.3, -0.25) is 0 Å². The van der Waals surface area contributed by atoms with Crippen molar-refractivity contribution in [2.45, 2.75) is 6.42 Å². The Labute approximate surface area is 82.1 Å². The maximum Gasteiger partial charge on any atom is 0.335 e. The molecule has 14 heavy (non-hydrogen) atoms. The minimum atomic E-state index is -0.979. The van der Waals surface area contributed by atoms with Crippen LogP contribution >= 0.6 is 0 Å². The maximum atomic E-state index is 10.7. The molecule has 4 nitrogen and oxygen atoms in total. The van der Waals surface area contributed by atoms with Crippen molar-refractivity contribution in [3.63, 3.8) is 0 Å². The molecule has 0 aromatic rings. The van der Waals surface area contributed by atoms with Gasteiger partial charge in [0.2, 0.25) is 0 Å². The summed E-state index contributed by atoms with van der Waals surface area (Å²) in [7, 11) is 3.04. The largest absolute Gasteiger partial charge is 0.501 e. The normalized spacial score (nSPS) is 16.0. The second-order valence-electron chi connectivity index (χ2n) is 2.76. The molecular formula is C10H12O4. The van der Waals surface area contributed by atoms with Crippen molar-refractivity contribution in [3.8, 4) is 0 Å². The molecule has 0 saturated heterocycles. The van der Waals surface area contributed by atoms with Crippen LogP contribution in [0.25, 0.3) is 0 Å². The molecule has 0 aliphatic heterocycles. The lowest BCUT2D eigenvalue weighted by Gasteiger charge is -2.06. The van der Waals surface area contributed by atoms with E-state index < -0.39 is 5.97 Å². The third-order valence-electron chi connectivity index (χ3n) is 1.89. The van der Waals surface area contributed by atoms with Crippen LogP contribution in [-0.4, -0.2) is 25.3 Å². The first-order valence-corrected chi connectivity index (χ1v) is 4.10. The van der Waals surface area contributed by atoms with E-state index in [9.17, 15) is 4.79 Å². The Morgan fingerprint density at radius 3 is 2.43 bits per heavy atom. The fraction of sp³-hybridized carbons (Fsp3) is 0.300. The van der Waals surface area contributed by atoms with E-state index >= 15 is 0 Å². The predicted octanol–water partition coefficient (Wildman–Crippen LogP) is 1.46. The summed E-state index contributed by atoms with van der Waals surface area (Å²) >= 11 is 0. The number of aliphatic carboxylic acids is 1. The molecule has 0 fully saturated rings. The van der Waals surface area contributed by atoms with Gasteiger partial charge < -0.3 is 14.6 Å². The Kier molecular flexibility index (Phi) is 3.34. The van der Waals surface area contributed by atoms with Crippen molar-refractivity contribution in [1.29, 1.82) is 0 Å². The molecule has 0 bridgehead atoms. The maximum absolute atomic E-state index is 10.7. The van der Waals surface area contributed by atoms with E-state index in [1.807, 2.05) is 0 Å². The molecule has 0 unspecified atom stereocenters. The molecular weight excluding hydrogens is 184 g/mol. The minimum Gasteiger partial charge on any atom is -0.501 e. The number of rotatable bonds is 3. The van der Waals surface area contributed by atoms with Crippen LogP contribution in [0.4, 0.5) is 0 Å². The van der Waals surface area contributed by atoms with Crippen molar-refractivity contribution in [2.24, 2.45) is 0 Å². The molecule has 0 radical (unpaired) electrons. The summed E-state index contributed by atoms with van der Waals surface area (Å²) in [6.45, 7) is 0. The molecule has 0 amide bonds. The summed E-state index contributed by atoms with van der Waals surface area (Å²) in [6.07, 6.45) is 5.09. The van der Waals surface area contributed by atoms with E-state index in [0.29, 0.717) is 17.9 Å². The van der Waals surface area contributed by atoms with Crippen LogP contribution in [0.15, 0.2) is 35.3 Å². The van der Waals surface area contributed by atoms with Crippen LogP contribution in [0.5, 0.6) is 0 Å². The predicted molar refractivity (Wildman–Crippen MR) is 50.5 cm³/mol. The Hall–Kier alpha value is -1.71. The number of ether oxygens (including phenoxy) is 2. The van der Waals surface area contributed by atoms with E-state index in [0.717, 1.165) is 0 Å². The molecule has 76 valence electrons. The molecule has 0 saturated carbocycles. The summed E-state index contributed by atoms with van der Waals surface area (Å²) in [5, 5.41) is 8.80. The highest BCUT2D eigenvalue weighted by Crippen LogP contribution is 2.18. The molecule has 0 heterocycles. The summed E-state index contributed by atoms with van der Waals surface area (Å²) in [4.78, 5) is 10.7. The van der Waals surface area contributed by atoms with Crippen molar-refractivity contribution in [3.05, 3.63) is 35.3 Å². The monoisotopic (exact) mass is 196 g/mol. The van der Waals surface area contributed by atoms with Crippen molar-refractivity contribution < 1.29 is 19.4 Å². The first-order valence-electron chi connectivity index (χ1n) is 4.10. The summed E-state index contributed by atoms with van der Waals surface area (Å²) in [6, 6.07) is 0. The molecule has 0 atom stereocenters. The SMILES string of the molecule is COC1=CC=C(C(=O)O)C=C(OC)C1. The molecule has 1 aliphatic rings. The first-order chi connectivity index (χ1) is 6.67. The molecule has 0 aromatic carbocycles. The smallest absolute Gasteiger partial charge is 0.335 e. The van der Waals surface area contributed by atoms with Crippen molar-refractivity contribution >= 4 is 5.97 Å². The van der Waals surface area contributed by atoms with Crippen molar-refractivity contribution in [1.82, 2.24) is 0 Å². The number of carboxylic acids is 1. The fourth-order valence-corrected chi connectivity index (χ4v) is 1.09. The zero-order chi connectivity index (χ0) is 10.6. The fourth-order valence-electron chi connectivity index (χ4n) is 1.09. The van der Waals surface area contributed by atoms with Gasteiger partial charge in [0.1, 0.15) is 11.5 Å². The average Bonchev–Trinajstić information content (AvgIpc) is 2.39. The van der Waals surface area contributed by atoms with E-state index in [4.69, 9.17) is 14.6 Å². The van der Waals surface area contributed by atoms with Crippen LogP contribution < -0.4 is 0 Å². The van der Waals surface area contributed by atoms with Gasteiger partial charge in [0, 0.05) is 0 Å². The van der Waals surface area contributed by atoms with Crippen LogP contribution in [0.3, 0.4) is 0 Å². The summed E-state index contributed by atoms with van der Waals surface area (Å²) in [5.41, 5.74) is 0.189. The van der Waals surface area contributed by atoms with Gasteiger partial charge in [-0.15, -0.1) is 0 Å².